The maximum atomic E-state index is 4.62. The largest absolute Gasteiger partial charge is 0.225 e. The van der Waals surface area contributed by atoms with Crippen LogP contribution in [0.2, 0.25) is 0 Å². The third-order valence-electron chi connectivity index (χ3n) is 10.6. The van der Waals surface area contributed by atoms with E-state index in [0.717, 1.165) is 110 Å². The topological polar surface area (TPSA) is 98.9 Å². The molecule has 0 amide bonds. The first-order chi connectivity index (χ1) is 29.8. The van der Waals surface area contributed by atoms with E-state index in [4.69, 9.17) is 0 Å². The number of benzene rings is 4. The minimum Gasteiger partial charge on any atom is -0.225 e. The molecule has 4 aromatic carbocycles. The van der Waals surface area contributed by atoms with Crippen molar-refractivity contribution >= 4 is 46.8 Å². The summed E-state index contributed by atoms with van der Waals surface area (Å²) in [7, 11) is 0. The van der Waals surface area contributed by atoms with Crippen LogP contribution in [0.4, 0.5) is 22.7 Å². The van der Waals surface area contributed by atoms with Crippen molar-refractivity contribution in [1.82, 2.24) is 0 Å². The molecule has 0 N–H and O–H groups in total. The molecule has 0 fully saturated rings. The zero-order valence-electron chi connectivity index (χ0n) is 39.9. The molecule has 8 nitrogen and oxygen atoms in total. The predicted octanol–water partition coefficient (Wildman–Crippen LogP) is 16.1. The van der Waals surface area contributed by atoms with E-state index in [1.807, 2.05) is 12.1 Å². The van der Waals surface area contributed by atoms with E-state index in [9.17, 15) is 0 Å². The molecule has 0 atom stereocenters. The van der Waals surface area contributed by atoms with Crippen molar-refractivity contribution in [3.8, 4) is 0 Å². The van der Waals surface area contributed by atoms with Crippen molar-refractivity contribution in [2.75, 3.05) is 26.2 Å². The van der Waals surface area contributed by atoms with Crippen molar-refractivity contribution in [3.63, 3.8) is 0 Å². The number of hydrogen-bond acceptors (Lipinski definition) is 8. The Labute approximate surface area is 374 Å². The molecule has 0 saturated carbocycles. The summed E-state index contributed by atoms with van der Waals surface area (Å²) in [4.78, 5) is 35.3. The lowest BCUT2D eigenvalue weighted by Crippen LogP contribution is -1.95. The molecule has 0 bridgehead atoms. The Morgan fingerprint density at radius 2 is 0.548 bits per heavy atom. The third kappa shape index (κ3) is 17.4. The molecule has 0 aliphatic heterocycles. The van der Waals surface area contributed by atoms with Gasteiger partial charge in [0.1, 0.15) is 0 Å². The van der Waals surface area contributed by atoms with Gasteiger partial charge in [0.15, 0.2) is 0 Å². The average Bonchev–Trinajstić information content (AvgIpc) is 3.23. The van der Waals surface area contributed by atoms with Crippen molar-refractivity contribution in [2.45, 2.75) is 145 Å². The van der Waals surface area contributed by atoms with Gasteiger partial charge in [0.05, 0.1) is 46.8 Å². The Morgan fingerprint density at radius 1 is 0.323 bits per heavy atom. The number of aliphatic imine (C=N–C) groups is 8. The molecular weight excluding hydrogens is 761 g/mol. The first-order valence-corrected chi connectivity index (χ1v) is 22.7. The van der Waals surface area contributed by atoms with Crippen LogP contribution in [0.1, 0.15) is 162 Å². The molecule has 0 unspecified atom stereocenters. The van der Waals surface area contributed by atoms with Crippen molar-refractivity contribution in [2.24, 2.45) is 39.9 Å². The van der Waals surface area contributed by atoms with Crippen LogP contribution in [0.5, 0.6) is 0 Å². The van der Waals surface area contributed by atoms with E-state index in [-0.39, 0.29) is 0 Å². The number of para-hydroxylation sites is 4. The van der Waals surface area contributed by atoms with Gasteiger partial charge in [0, 0.05) is 26.2 Å². The first kappa shape index (κ1) is 50.8. The van der Waals surface area contributed by atoms with Crippen molar-refractivity contribution in [1.29, 1.82) is 0 Å². The summed E-state index contributed by atoms with van der Waals surface area (Å²) in [5.74, 6) is 1.70. The highest BCUT2D eigenvalue weighted by Gasteiger charge is 2.14. The van der Waals surface area contributed by atoms with E-state index in [1.54, 1.807) is 0 Å². The fraction of sp³-hybridized carbons (Fsp3) is 0.481. The standard InChI is InChI=1S/C31H44N4.C23H28N4/c1-22(2)26-14-12-15-27(23(3)4)30(26)34-20-32-18-10-9-11-19-33-21-35-31-28(24(5)6)16-13-17-29(31)25(7)8;1-18-10-8-11-19(2)22(18)26-16-24-14-6-5-7-15-25-17-27-23-20(3)12-9-13-21(23)4/h12-17,22-25H,9-11,18-19H2,1-8H3;8-13H,5-7,14-15H2,1-4H3. The maximum Gasteiger partial charge on any atom is 0.0949 e. The third-order valence-corrected chi connectivity index (χ3v) is 10.6. The van der Waals surface area contributed by atoms with Crippen molar-refractivity contribution < 1.29 is 0 Å². The average molecular weight is 833 g/mol. The minimum atomic E-state index is 0.425. The molecule has 0 aromatic heterocycles. The molecule has 0 radical (unpaired) electrons. The number of nitrogens with zero attached hydrogens (tertiary/aromatic N) is 8. The van der Waals surface area contributed by atoms with Crippen LogP contribution in [0, 0.1) is 27.7 Å². The minimum absolute atomic E-state index is 0.425. The van der Waals surface area contributed by atoms with Gasteiger partial charge in [-0.1, -0.05) is 128 Å². The van der Waals surface area contributed by atoms with E-state index in [0.29, 0.717) is 23.7 Å². The molecule has 4 rings (SSSR count). The van der Waals surface area contributed by atoms with Crippen LogP contribution in [-0.4, -0.2) is 50.2 Å². The van der Waals surface area contributed by atoms with Crippen LogP contribution in [0.3, 0.4) is 0 Å². The summed E-state index contributed by atoms with van der Waals surface area (Å²) in [5.41, 5.74) is 13.7. The number of aryl methyl sites for hydroxylation is 4. The normalized spacial score (nSPS) is 10.6. The van der Waals surface area contributed by atoms with Gasteiger partial charge in [0.25, 0.3) is 0 Å². The lowest BCUT2D eigenvalue weighted by atomic mass is 9.93. The monoisotopic (exact) mass is 833 g/mol. The highest BCUT2D eigenvalue weighted by Crippen LogP contribution is 2.35. The first-order valence-electron chi connectivity index (χ1n) is 22.7. The van der Waals surface area contributed by atoms with Crippen LogP contribution in [-0.2, 0) is 0 Å². The molecule has 0 aliphatic carbocycles. The van der Waals surface area contributed by atoms with Gasteiger partial charge < -0.3 is 0 Å². The molecule has 0 heterocycles. The Kier molecular flexibility index (Phi) is 23.0. The molecular formula is C54H72N8. The van der Waals surface area contributed by atoms with Crippen LogP contribution in [0.15, 0.2) is 113 Å². The quantitative estimate of drug-likeness (QED) is 0.0626. The summed E-state index contributed by atoms with van der Waals surface area (Å²) in [6.07, 6.45) is 6.17. The highest BCUT2D eigenvalue weighted by molar-refractivity contribution is 5.64. The van der Waals surface area contributed by atoms with Crippen LogP contribution >= 0.6 is 0 Å². The van der Waals surface area contributed by atoms with E-state index < -0.39 is 0 Å². The van der Waals surface area contributed by atoms with E-state index in [2.05, 4.69) is 208 Å². The Bertz CT molecular complexity index is 2020. The Balaban J connectivity index is 0.000000341. The number of rotatable bonds is 20. The number of hydrogen-bond donors (Lipinski definition) is 0. The van der Waals surface area contributed by atoms with Crippen molar-refractivity contribution in [3.05, 3.63) is 117 Å². The summed E-state index contributed by atoms with van der Waals surface area (Å²) >= 11 is 0. The fourth-order valence-corrected chi connectivity index (χ4v) is 6.90. The SMILES string of the molecule is CC(C)c1cccc(C(C)C)c1N=C=NCCCCCN=C=Nc1c(C(C)C)cccc1C(C)C.Cc1cccc(C)c1N=C=NCCCCCN=C=Nc1c(C)cccc1C. The van der Waals surface area contributed by atoms with Gasteiger partial charge in [0.2, 0.25) is 0 Å². The second-order valence-electron chi connectivity index (χ2n) is 17.2. The molecule has 328 valence electrons. The van der Waals surface area contributed by atoms with Gasteiger partial charge in [-0.25, -0.2) is 20.0 Å². The zero-order chi connectivity index (χ0) is 45.3. The zero-order valence-corrected chi connectivity index (χ0v) is 39.9. The van der Waals surface area contributed by atoms with Gasteiger partial charge in [-0.3, -0.25) is 0 Å². The van der Waals surface area contributed by atoms with Crippen LogP contribution in [0.25, 0.3) is 0 Å². The maximum absolute atomic E-state index is 4.62. The van der Waals surface area contributed by atoms with Crippen LogP contribution < -0.4 is 0 Å². The highest BCUT2D eigenvalue weighted by atomic mass is 14.8. The second kappa shape index (κ2) is 28.1. The summed E-state index contributed by atoms with van der Waals surface area (Å²) < 4.78 is 0. The summed E-state index contributed by atoms with van der Waals surface area (Å²) in [6.45, 7) is 28.8. The lowest BCUT2D eigenvalue weighted by molar-refractivity contribution is 0.698. The smallest absolute Gasteiger partial charge is 0.0949 e. The molecule has 4 aromatic rings. The van der Waals surface area contributed by atoms with Gasteiger partial charge in [-0.15, -0.1) is 0 Å². The number of unbranched alkanes of at least 4 members (excludes halogenated alkanes) is 4. The lowest BCUT2D eigenvalue weighted by Gasteiger charge is -2.15. The van der Waals surface area contributed by atoms with E-state index in [1.165, 1.54) is 22.3 Å². The summed E-state index contributed by atoms with van der Waals surface area (Å²) in [6, 6.07) is 36.7. The predicted molar refractivity (Wildman–Crippen MR) is 266 cm³/mol. The van der Waals surface area contributed by atoms with Gasteiger partial charge in [-0.2, -0.15) is 20.0 Å². The van der Waals surface area contributed by atoms with Gasteiger partial charge in [-0.05, 0) is 134 Å². The summed E-state index contributed by atoms with van der Waals surface area (Å²) in [5, 5.41) is 0. The Morgan fingerprint density at radius 3 is 0.790 bits per heavy atom. The molecule has 0 saturated heterocycles. The fourth-order valence-electron chi connectivity index (χ4n) is 6.90. The molecule has 62 heavy (non-hydrogen) atoms. The Hall–Kier alpha value is -5.60. The van der Waals surface area contributed by atoms with Gasteiger partial charge >= 0.3 is 0 Å². The molecule has 0 aliphatic rings. The molecule has 0 spiro atoms. The molecule has 8 heteroatoms. The second-order valence-corrected chi connectivity index (χ2v) is 17.2. The van der Waals surface area contributed by atoms with E-state index >= 15 is 0 Å².